The Morgan fingerprint density at radius 1 is 1.04 bits per heavy atom. The fraction of sp³-hybridized carbons (Fsp3) is 0.222. The van der Waals surface area contributed by atoms with E-state index >= 15 is 0 Å². The molecule has 136 valence electrons. The average Bonchev–Trinajstić information content (AvgIpc) is 3.10. The first kappa shape index (κ1) is 18.5. The van der Waals surface area contributed by atoms with Gasteiger partial charge in [0.05, 0.1) is 24.2 Å². The van der Waals surface area contributed by atoms with E-state index in [1.54, 1.807) is 37.4 Å². The van der Waals surface area contributed by atoms with Crippen LogP contribution in [0.25, 0.3) is 0 Å². The first-order chi connectivity index (χ1) is 12.6. The molecule has 0 aliphatic heterocycles. The molecular weight excluding hydrogens is 372 g/mol. The van der Waals surface area contributed by atoms with Gasteiger partial charge >= 0.3 is 0 Å². The fourth-order valence-electron chi connectivity index (χ4n) is 2.36. The zero-order valence-electron chi connectivity index (χ0n) is 14.2. The number of benzene rings is 2. The molecule has 0 atom stereocenters. The first-order valence-electron chi connectivity index (χ1n) is 7.93. The van der Waals surface area contributed by atoms with E-state index < -0.39 is 9.84 Å². The van der Waals surface area contributed by atoms with Crippen molar-refractivity contribution in [3.63, 3.8) is 0 Å². The summed E-state index contributed by atoms with van der Waals surface area (Å²) in [6, 6.07) is 16.0. The van der Waals surface area contributed by atoms with Gasteiger partial charge in [0, 0.05) is 11.3 Å². The van der Waals surface area contributed by atoms with Gasteiger partial charge in [-0.05, 0) is 18.2 Å². The summed E-state index contributed by atoms with van der Waals surface area (Å²) >= 11 is 1.23. The maximum Gasteiger partial charge on any atom is 0.276 e. The van der Waals surface area contributed by atoms with E-state index in [0.717, 1.165) is 11.3 Å². The van der Waals surface area contributed by atoms with Gasteiger partial charge < -0.3 is 9.15 Å². The van der Waals surface area contributed by atoms with Gasteiger partial charge in [0.15, 0.2) is 9.84 Å². The maximum absolute atomic E-state index is 12.2. The van der Waals surface area contributed by atoms with Crippen molar-refractivity contribution in [2.24, 2.45) is 0 Å². The van der Waals surface area contributed by atoms with Crippen molar-refractivity contribution in [1.29, 1.82) is 0 Å². The van der Waals surface area contributed by atoms with Crippen LogP contribution in [0.2, 0.25) is 0 Å². The second-order valence-electron chi connectivity index (χ2n) is 5.43. The van der Waals surface area contributed by atoms with Crippen molar-refractivity contribution >= 4 is 21.6 Å². The number of aromatic nitrogens is 2. The van der Waals surface area contributed by atoms with Gasteiger partial charge in [-0.25, -0.2) is 8.42 Å². The molecule has 0 unspecified atom stereocenters. The Balaban J connectivity index is 1.57. The van der Waals surface area contributed by atoms with Gasteiger partial charge in [-0.3, -0.25) is 0 Å². The SMILES string of the molecule is COc1ccccc1Cc1nnc(SCCS(=O)(=O)c2ccccc2)o1. The summed E-state index contributed by atoms with van der Waals surface area (Å²) in [6.45, 7) is 0. The van der Waals surface area contributed by atoms with Crippen LogP contribution < -0.4 is 4.74 Å². The van der Waals surface area contributed by atoms with Crippen molar-refractivity contribution in [1.82, 2.24) is 10.2 Å². The van der Waals surface area contributed by atoms with E-state index in [9.17, 15) is 8.42 Å². The molecule has 0 spiro atoms. The summed E-state index contributed by atoms with van der Waals surface area (Å²) in [7, 11) is -1.70. The highest BCUT2D eigenvalue weighted by molar-refractivity contribution is 8.00. The molecule has 2 aromatic carbocycles. The Morgan fingerprint density at radius 2 is 1.77 bits per heavy atom. The Labute approximate surface area is 156 Å². The molecule has 8 heteroatoms. The van der Waals surface area contributed by atoms with Crippen LogP contribution in [-0.2, 0) is 16.3 Å². The van der Waals surface area contributed by atoms with Crippen LogP contribution in [0.4, 0.5) is 0 Å². The van der Waals surface area contributed by atoms with Crippen molar-refractivity contribution in [3.05, 3.63) is 66.1 Å². The van der Waals surface area contributed by atoms with Crippen LogP contribution >= 0.6 is 11.8 Å². The van der Waals surface area contributed by atoms with E-state index in [1.807, 2.05) is 24.3 Å². The molecule has 3 rings (SSSR count). The summed E-state index contributed by atoms with van der Waals surface area (Å²) in [5.74, 6) is 1.57. The van der Waals surface area contributed by atoms with E-state index in [1.165, 1.54) is 11.8 Å². The number of thioether (sulfide) groups is 1. The summed E-state index contributed by atoms with van der Waals surface area (Å²) in [5, 5.41) is 8.35. The molecule has 1 aromatic heterocycles. The predicted octanol–water partition coefficient (Wildman–Crippen LogP) is 3.24. The lowest BCUT2D eigenvalue weighted by Crippen LogP contribution is -2.08. The lowest BCUT2D eigenvalue weighted by molar-refractivity contribution is 0.400. The summed E-state index contributed by atoms with van der Waals surface area (Å²) < 4.78 is 35.4. The van der Waals surface area contributed by atoms with Crippen molar-refractivity contribution in [2.75, 3.05) is 18.6 Å². The third-order valence-corrected chi connectivity index (χ3v) is 6.47. The second kappa shape index (κ2) is 8.37. The number of ether oxygens (including phenoxy) is 1. The number of hydrogen-bond donors (Lipinski definition) is 0. The second-order valence-corrected chi connectivity index (χ2v) is 8.59. The van der Waals surface area contributed by atoms with Gasteiger partial charge in [-0.1, -0.05) is 48.2 Å². The molecule has 0 radical (unpaired) electrons. The summed E-state index contributed by atoms with van der Waals surface area (Å²) in [6.07, 6.45) is 0.458. The lowest BCUT2D eigenvalue weighted by Gasteiger charge is -2.05. The number of methoxy groups -OCH3 is 1. The van der Waals surface area contributed by atoms with Crippen LogP contribution in [0.1, 0.15) is 11.5 Å². The number of nitrogens with zero attached hydrogens (tertiary/aromatic N) is 2. The van der Waals surface area contributed by atoms with Crippen LogP contribution in [0.15, 0.2) is 69.1 Å². The summed E-state index contributed by atoms with van der Waals surface area (Å²) in [4.78, 5) is 0.322. The molecule has 0 saturated heterocycles. The minimum Gasteiger partial charge on any atom is -0.496 e. The monoisotopic (exact) mass is 390 g/mol. The van der Waals surface area contributed by atoms with Crippen molar-refractivity contribution in [3.8, 4) is 5.75 Å². The highest BCUT2D eigenvalue weighted by Gasteiger charge is 2.15. The quantitative estimate of drug-likeness (QED) is 0.546. The molecule has 3 aromatic rings. The van der Waals surface area contributed by atoms with E-state index in [0.29, 0.717) is 28.2 Å². The lowest BCUT2D eigenvalue weighted by atomic mass is 10.1. The molecule has 0 aliphatic rings. The molecule has 1 heterocycles. The molecule has 0 bridgehead atoms. The van der Waals surface area contributed by atoms with Crippen LogP contribution in [0.5, 0.6) is 5.75 Å². The molecular formula is C18H18N2O4S2. The van der Waals surface area contributed by atoms with Crippen molar-refractivity contribution in [2.45, 2.75) is 16.5 Å². The Morgan fingerprint density at radius 3 is 2.54 bits per heavy atom. The minimum atomic E-state index is -3.31. The van der Waals surface area contributed by atoms with E-state index in [4.69, 9.17) is 9.15 Å². The highest BCUT2D eigenvalue weighted by Crippen LogP contribution is 2.23. The molecule has 26 heavy (non-hydrogen) atoms. The molecule has 0 fully saturated rings. The zero-order valence-corrected chi connectivity index (χ0v) is 15.8. The van der Waals surface area contributed by atoms with E-state index in [2.05, 4.69) is 10.2 Å². The minimum absolute atomic E-state index is 0.00585. The Hall–Kier alpha value is -2.32. The van der Waals surface area contributed by atoms with Gasteiger partial charge in [0.2, 0.25) is 5.89 Å². The molecule has 6 nitrogen and oxygen atoms in total. The fourth-order valence-corrected chi connectivity index (χ4v) is 4.81. The van der Waals surface area contributed by atoms with Gasteiger partial charge in [0.1, 0.15) is 5.75 Å². The van der Waals surface area contributed by atoms with Gasteiger partial charge in [0.25, 0.3) is 5.22 Å². The number of sulfone groups is 1. The number of rotatable bonds is 8. The highest BCUT2D eigenvalue weighted by atomic mass is 32.2. The number of para-hydroxylation sites is 1. The largest absolute Gasteiger partial charge is 0.496 e. The third kappa shape index (κ3) is 4.64. The normalized spacial score (nSPS) is 11.4. The van der Waals surface area contributed by atoms with Crippen LogP contribution in [-0.4, -0.2) is 37.2 Å². The smallest absolute Gasteiger partial charge is 0.276 e. The van der Waals surface area contributed by atoms with Crippen LogP contribution in [0.3, 0.4) is 0 Å². The average molecular weight is 390 g/mol. The molecule has 0 N–H and O–H groups in total. The zero-order chi connectivity index (χ0) is 18.4. The van der Waals surface area contributed by atoms with E-state index in [-0.39, 0.29) is 5.75 Å². The van der Waals surface area contributed by atoms with Crippen molar-refractivity contribution < 1.29 is 17.6 Å². The van der Waals surface area contributed by atoms with Crippen LogP contribution in [0, 0.1) is 0 Å². The molecule has 0 amide bonds. The Bertz CT molecular complexity index is 956. The van der Waals surface area contributed by atoms with Gasteiger partial charge in [-0.15, -0.1) is 10.2 Å². The number of hydrogen-bond acceptors (Lipinski definition) is 7. The molecule has 0 saturated carbocycles. The first-order valence-corrected chi connectivity index (χ1v) is 10.6. The standard InChI is InChI=1S/C18H18N2O4S2/c1-23-16-10-6-5-7-14(16)13-17-19-20-18(24-17)25-11-12-26(21,22)15-8-3-2-4-9-15/h2-10H,11-13H2,1H3. The maximum atomic E-state index is 12.2. The van der Waals surface area contributed by atoms with Gasteiger partial charge in [-0.2, -0.15) is 0 Å². The predicted molar refractivity (Wildman–Crippen MR) is 99.3 cm³/mol. The third-order valence-electron chi connectivity index (χ3n) is 3.66. The Kier molecular flexibility index (Phi) is 5.95. The topological polar surface area (TPSA) is 82.3 Å². The molecule has 0 aliphatic carbocycles. The summed E-state index contributed by atoms with van der Waals surface area (Å²) in [5.41, 5.74) is 0.946.